The summed E-state index contributed by atoms with van der Waals surface area (Å²) < 4.78 is 24.5. The van der Waals surface area contributed by atoms with Crippen molar-refractivity contribution in [2.45, 2.75) is 11.8 Å². The van der Waals surface area contributed by atoms with Crippen LogP contribution in [0.25, 0.3) is 0 Å². The topological polar surface area (TPSA) is 33.1 Å². The number of hydrogen-bond acceptors (Lipinski definition) is 2. The fourth-order valence-electron chi connectivity index (χ4n) is 0.837. The molecule has 0 fully saturated rings. The average Bonchev–Trinajstić information content (AvgIpc) is 2.08. The molecule has 0 aliphatic carbocycles. The Bertz CT molecular complexity index is 322. The van der Waals surface area contributed by atoms with E-state index in [1.165, 1.54) is 0 Å². The molecule has 0 aliphatic rings. The minimum Gasteiger partial charge on any atom is -0.505 e. The van der Waals surface area contributed by atoms with E-state index in [-0.39, 0.29) is 16.2 Å². The molecular formula is C7H5BrClF2NO. The summed E-state index contributed by atoms with van der Waals surface area (Å²) in [5.41, 5.74) is -0.378. The summed E-state index contributed by atoms with van der Waals surface area (Å²) in [5, 5.41) is 9.38. The van der Waals surface area contributed by atoms with E-state index in [9.17, 15) is 13.9 Å². The predicted molar refractivity (Wildman–Crippen MR) is 48.5 cm³/mol. The van der Waals surface area contributed by atoms with Gasteiger partial charge in [-0.15, -0.1) is 0 Å². The first-order chi connectivity index (χ1) is 6.06. The highest BCUT2D eigenvalue weighted by Gasteiger charge is 2.17. The lowest BCUT2D eigenvalue weighted by Gasteiger charge is -2.06. The lowest BCUT2D eigenvalue weighted by molar-refractivity contribution is 0.147. The summed E-state index contributed by atoms with van der Waals surface area (Å²) in [6.45, 7) is 0. The Labute approximate surface area is 86.7 Å². The van der Waals surface area contributed by atoms with Gasteiger partial charge in [-0.2, -0.15) is 0 Å². The summed E-state index contributed by atoms with van der Waals surface area (Å²) in [6.07, 6.45) is -2.75. The largest absolute Gasteiger partial charge is 0.505 e. The molecule has 1 rings (SSSR count). The number of nitrogens with zero attached hydrogens (tertiary/aromatic N) is 1. The summed E-state index contributed by atoms with van der Waals surface area (Å²) in [4.78, 5) is 3.67. The maximum atomic E-state index is 12.3. The van der Waals surface area contributed by atoms with Crippen molar-refractivity contribution in [2.75, 3.05) is 0 Å². The lowest BCUT2D eigenvalue weighted by atomic mass is 10.2. The molecule has 0 saturated heterocycles. The molecule has 0 atom stereocenters. The standard InChI is InChI=1S/C7H5BrClF2NO/c8-2-4-6(13)3(7(10)11)1-5(9)12-4/h1,7,13H,2H2. The molecule has 1 aromatic heterocycles. The van der Waals surface area contributed by atoms with E-state index in [0.29, 0.717) is 0 Å². The fraction of sp³-hybridized carbons (Fsp3) is 0.286. The van der Waals surface area contributed by atoms with Crippen LogP contribution in [-0.2, 0) is 5.33 Å². The van der Waals surface area contributed by atoms with E-state index in [1.807, 2.05) is 0 Å². The number of hydrogen-bond donors (Lipinski definition) is 1. The monoisotopic (exact) mass is 271 g/mol. The molecule has 1 N–H and O–H groups in total. The van der Waals surface area contributed by atoms with Gasteiger partial charge in [0.25, 0.3) is 6.43 Å². The molecule has 0 aromatic carbocycles. The Morgan fingerprint density at radius 1 is 1.62 bits per heavy atom. The molecule has 0 radical (unpaired) electrons. The molecule has 0 spiro atoms. The van der Waals surface area contributed by atoms with Gasteiger partial charge in [-0.1, -0.05) is 27.5 Å². The number of pyridine rings is 1. The third-order valence-electron chi connectivity index (χ3n) is 1.42. The van der Waals surface area contributed by atoms with Crippen LogP contribution in [-0.4, -0.2) is 10.1 Å². The summed E-state index contributed by atoms with van der Waals surface area (Å²) >= 11 is 8.47. The Balaban J connectivity index is 3.27. The lowest BCUT2D eigenvalue weighted by Crippen LogP contribution is -1.93. The van der Waals surface area contributed by atoms with Crippen LogP contribution in [0.4, 0.5) is 8.78 Å². The van der Waals surface area contributed by atoms with Gasteiger partial charge in [0.05, 0.1) is 11.3 Å². The first-order valence-corrected chi connectivity index (χ1v) is 4.78. The van der Waals surface area contributed by atoms with Crippen molar-refractivity contribution in [2.24, 2.45) is 0 Å². The molecule has 72 valence electrons. The highest BCUT2D eigenvalue weighted by Crippen LogP contribution is 2.32. The van der Waals surface area contributed by atoms with Gasteiger partial charge in [0.2, 0.25) is 0 Å². The van der Waals surface area contributed by atoms with Gasteiger partial charge >= 0.3 is 0 Å². The minimum absolute atomic E-state index is 0.0532. The quantitative estimate of drug-likeness (QED) is 0.662. The van der Waals surface area contributed by atoms with Gasteiger partial charge < -0.3 is 5.11 Å². The van der Waals surface area contributed by atoms with E-state index in [2.05, 4.69) is 20.9 Å². The molecule has 0 bridgehead atoms. The van der Waals surface area contributed by atoms with Gasteiger partial charge in [0.15, 0.2) is 0 Å². The predicted octanol–water partition coefficient (Wildman–Crippen LogP) is 3.27. The van der Waals surface area contributed by atoms with Gasteiger partial charge in [-0.25, -0.2) is 13.8 Å². The summed E-state index contributed by atoms with van der Waals surface area (Å²) in [6, 6.07) is 0.952. The van der Waals surface area contributed by atoms with Gasteiger partial charge in [-0.3, -0.25) is 0 Å². The molecule has 0 unspecified atom stereocenters. The Hall–Kier alpha value is -0.420. The molecule has 0 aliphatic heterocycles. The maximum Gasteiger partial charge on any atom is 0.267 e. The van der Waals surface area contributed by atoms with Crippen LogP contribution in [0.3, 0.4) is 0 Å². The van der Waals surface area contributed by atoms with Crippen LogP contribution in [0.1, 0.15) is 17.7 Å². The van der Waals surface area contributed by atoms with Crippen molar-refractivity contribution in [3.8, 4) is 5.75 Å². The van der Waals surface area contributed by atoms with Crippen molar-refractivity contribution in [3.05, 3.63) is 22.5 Å². The Morgan fingerprint density at radius 2 is 2.23 bits per heavy atom. The second-order valence-electron chi connectivity index (χ2n) is 2.26. The second-order valence-corrected chi connectivity index (χ2v) is 3.21. The van der Waals surface area contributed by atoms with Crippen LogP contribution >= 0.6 is 27.5 Å². The number of rotatable bonds is 2. The highest BCUT2D eigenvalue weighted by molar-refractivity contribution is 9.08. The van der Waals surface area contributed by atoms with E-state index in [4.69, 9.17) is 11.6 Å². The maximum absolute atomic E-state index is 12.3. The number of alkyl halides is 3. The third kappa shape index (κ3) is 2.28. The van der Waals surface area contributed by atoms with Gasteiger partial charge in [-0.05, 0) is 6.07 Å². The van der Waals surface area contributed by atoms with Crippen molar-refractivity contribution in [3.63, 3.8) is 0 Å². The number of aromatic hydroxyl groups is 1. The molecule has 1 heterocycles. The highest BCUT2D eigenvalue weighted by atomic mass is 79.9. The number of aromatic nitrogens is 1. The first kappa shape index (κ1) is 10.7. The van der Waals surface area contributed by atoms with Crippen LogP contribution in [0, 0.1) is 0 Å². The molecule has 13 heavy (non-hydrogen) atoms. The van der Waals surface area contributed by atoms with Crippen LogP contribution in [0.15, 0.2) is 6.07 Å². The zero-order valence-electron chi connectivity index (χ0n) is 6.27. The minimum atomic E-state index is -2.75. The van der Waals surface area contributed by atoms with Crippen LogP contribution < -0.4 is 0 Å². The fourth-order valence-corrected chi connectivity index (χ4v) is 1.45. The Morgan fingerprint density at radius 3 is 2.69 bits per heavy atom. The molecule has 2 nitrogen and oxygen atoms in total. The summed E-state index contributed by atoms with van der Waals surface area (Å²) in [5.74, 6) is -0.503. The van der Waals surface area contributed by atoms with E-state index in [0.717, 1.165) is 6.07 Å². The van der Waals surface area contributed by atoms with Gasteiger partial charge in [0, 0.05) is 5.33 Å². The van der Waals surface area contributed by atoms with Crippen molar-refractivity contribution in [1.82, 2.24) is 4.98 Å². The SMILES string of the molecule is Oc1c(C(F)F)cc(Cl)nc1CBr. The van der Waals surface area contributed by atoms with Crippen LogP contribution in [0.5, 0.6) is 5.75 Å². The number of halogens is 4. The van der Waals surface area contributed by atoms with Crippen molar-refractivity contribution < 1.29 is 13.9 Å². The Kier molecular flexibility index (Phi) is 3.44. The molecular weight excluding hydrogens is 267 g/mol. The first-order valence-electron chi connectivity index (χ1n) is 3.28. The smallest absolute Gasteiger partial charge is 0.267 e. The molecule has 0 amide bonds. The molecule has 0 saturated carbocycles. The summed E-state index contributed by atoms with van der Waals surface area (Å²) in [7, 11) is 0. The zero-order valence-corrected chi connectivity index (χ0v) is 8.61. The van der Waals surface area contributed by atoms with Crippen LogP contribution in [0.2, 0.25) is 5.15 Å². The van der Waals surface area contributed by atoms with E-state index in [1.54, 1.807) is 0 Å². The third-order valence-corrected chi connectivity index (χ3v) is 2.15. The van der Waals surface area contributed by atoms with Gasteiger partial charge in [0.1, 0.15) is 10.9 Å². The zero-order chi connectivity index (χ0) is 10.0. The second kappa shape index (κ2) is 4.19. The van der Waals surface area contributed by atoms with E-state index >= 15 is 0 Å². The average molecular weight is 272 g/mol. The molecule has 6 heteroatoms. The normalized spacial score (nSPS) is 10.8. The van der Waals surface area contributed by atoms with Crippen molar-refractivity contribution >= 4 is 27.5 Å². The van der Waals surface area contributed by atoms with E-state index < -0.39 is 17.7 Å². The molecule has 1 aromatic rings. The van der Waals surface area contributed by atoms with Crippen molar-refractivity contribution in [1.29, 1.82) is 0 Å².